The quantitative estimate of drug-likeness (QED) is 0.325. The molecule has 1 unspecified atom stereocenters. The van der Waals surface area contributed by atoms with Gasteiger partial charge in [0.2, 0.25) is 5.78 Å². The molecule has 0 fully saturated rings. The lowest BCUT2D eigenvalue weighted by atomic mass is 10.0. The Labute approximate surface area is 101 Å². The van der Waals surface area contributed by atoms with E-state index in [9.17, 15) is 19.5 Å². The van der Waals surface area contributed by atoms with E-state index in [0.29, 0.717) is 25.7 Å². The first-order chi connectivity index (χ1) is 8.07. The minimum absolute atomic E-state index is 0.0863. The van der Waals surface area contributed by atoms with Crippen LogP contribution in [-0.4, -0.2) is 34.4 Å². The smallest absolute Gasteiger partial charge is 0.372 e. The minimum Gasteiger partial charge on any atom is -0.476 e. The maximum absolute atomic E-state index is 10.7. The Morgan fingerprint density at radius 2 is 1.71 bits per heavy atom. The number of rotatable bonds is 11. The number of carbonyl (C=O) groups excluding carboxylic acids is 2. The molecule has 2 N–H and O–H groups in total. The van der Waals surface area contributed by atoms with Crippen LogP contribution in [0.5, 0.6) is 0 Å². The van der Waals surface area contributed by atoms with Crippen molar-refractivity contribution in [3.8, 4) is 0 Å². The lowest BCUT2D eigenvalue weighted by Gasteiger charge is -2.07. The Balaban J connectivity index is 3.31. The third-order valence-electron chi connectivity index (χ3n) is 2.55. The first-order valence-electron chi connectivity index (χ1n) is 5.95. The van der Waals surface area contributed by atoms with Gasteiger partial charge in [0.05, 0.1) is 6.10 Å². The highest BCUT2D eigenvalue weighted by atomic mass is 16.4. The molecule has 0 amide bonds. The molecular formula is C12H20O5. The van der Waals surface area contributed by atoms with E-state index in [0.717, 1.165) is 25.5 Å². The molecule has 0 rings (SSSR count). The van der Waals surface area contributed by atoms with Crippen molar-refractivity contribution in [2.24, 2.45) is 0 Å². The molecular weight excluding hydrogens is 224 g/mol. The van der Waals surface area contributed by atoms with Crippen LogP contribution in [-0.2, 0) is 14.4 Å². The molecule has 98 valence electrons. The normalized spacial score (nSPS) is 12.1. The fourth-order valence-electron chi connectivity index (χ4n) is 1.53. The Kier molecular flexibility index (Phi) is 9.24. The monoisotopic (exact) mass is 244 g/mol. The van der Waals surface area contributed by atoms with Gasteiger partial charge in [0.15, 0.2) is 0 Å². The molecule has 5 heteroatoms. The lowest BCUT2D eigenvalue weighted by molar-refractivity contribution is -0.149. The molecule has 0 spiro atoms. The van der Waals surface area contributed by atoms with Gasteiger partial charge in [-0.1, -0.05) is 19.3 Å². The molecule has 0 aliphatic rings. The van der Waals surface area contributed by atoms with Gasteiger partial charge in [-0.3, -0.25) is 4.79 Å². The molecule has 5 nitrogen and oxygen atoms in total. The van der Waals surface area contributed by atoms with Crippen molar-refractivity contribution in [3.05, 3.63) is 0 Å². The molecule has 0 radical (unpaired) electrons. The Bertz CT molecular complexity index is 249. The number of carboxylic acid groups (broad SMARTS) is 1. The van der Waals surface area contributed by atoms with E-state index >= 15 is 0 Å². The summed E-state index contributed by atoms with van der Waals surface area (Å²) < 4.78 is 0. The van der Waals surface area contributed by atoms with E-state index in [-0.39, 0.29) is 6.42 Å². The maximum Gasteiger partial charge on any atom is 0.372 e. The number of aliphatic carboxylic acids is 1. The van der Waals surface area contributed by atoms with Gasteiger partial charge < -0.3 is 15.0 Å². The van der Waals surface area contributed by atoms with Gasteiger partial charge in [0, 0.05) is 12.8 Å². The highest BCUT2D eigenvalue weighted by molar-refractivity contribution is 6.32. The van der Waals surface area contributed by atoms with E-state index < -0.39 is 17.9 Å². The van der Waals surface area contributed by atoms with Gasteiger partial charge >= 0.3 is 5.97 Å². The van der Waals surface area contributed by atoms with Gasteiger partial charge in [-0.2, -0.15) is 0 Å². The average molecular weight is 244 g/mol. The third kappa shape index (κ3) is 9.68. The zero-order valence-corrected chi connectivity index (χ0v) is 9.93. The summed E-state index contributed by atoms with van der Waals surface area (Å²) in [4.78, 5) is 31.0. The Morgan fingerprint density at radius 3 is 2.29 bits per heavy atom. The van der Waals surface area contributed by atoms with Gasteiger partial charge in [-0.05, 0) is 19.3 Å². The van der Waals surface area contributed by atoms with E-state index in [1.807, 2.05) is 0 Å². The second-order valence-corrected chi connectivity index (χ2v) is 4.08. The number of ketones is 1. The number of unbranched alkanes of at least 4 members (excludes halogenated alkanes) is 3. The SMILES string of the molecule is O=CCCC(O)CCCCCCC(=O)C(=O)O. The number of aldehydes is 1. The van der Waals surface area contributed by atoms with Crippen molar-refractivity contribution < 1.29 is 24.6 Å². The molecule has 0 saturated heterocycles. The molecule has 1 atom stereocenters. The molecule has 0 aliphatic heterocycles. The number of hydrogen-bond donors (Lipinski definition) is 2. The van der Waals surface area contributed by atoms with Gasteiger partial charge in [-0.15, -0.1) is 0 Å². The maximum atomic E-state index is 10.7. The van der Waals surface area contributed by atoms with Crippen molar-refractivity contribution in [3.63, 3.8) is 0 Å². The molecule has 0 aromatic carbocycles. The van der Waals surface area contributed by atoms with Crippen molar-refractivity contribution >= 4 is 18.0 Å². The zero-order chi connectivity index (χ0) is 13.1. The van der Waals surface area contributed by atoms with Crippen LogP contribution < -0.4 is 0 Å². The fourth-order valence-corrected chi connectivity index (χ4v) is 1.53. The largest absolute Gasteiger partial charge is 0.476 e. The number of aliphatic hydroxyl groups is 1. The van der Waals surface area contributed by atoms with Crippen LogP contribution in [0.3, 0.4) is 0 Å². The van der Waals surface area contributed by atoms with Gasteiger partial charge in [-0.25, -0.2) is 4.79 Å². The van der Waals surface area contributed by atoms with Crippen molar-refractivity contribution in [2.45, 2.75) is 57.5 Å². The highest BCUT2D eigenvalue weighted by Gasteiger charge is 2.10. The minimum atomic E-state index is -1.37. The van der Waals surface area contributed by atoms with E-state index in [1.165, 1.54) is 0 Å². The van der Waals surface area contributed by atoms with Crippen molar-refractivity contribution in [1.82, 2.24) is 0 Å². The number of Topliss-reactive ketones (excluding diaryl/α,β-unsaturated/α-hetero) is 1. The average Bonchev–Trinajstić information content (AvgIpc) is 2.30. The Morgan fingerprint density at radius 1 is 1.06 bits per heavy atom. The van der Waals surface area contributed by atoms with E-state index in [1.54, 1.807) is 0 Å². The molecule has 17 heavy (non-hydrogen) atoms. The molecule has 0 aromatic rings. The van der Waals surface area contributed by atoms with Crippen LogP contribution >= 0.6 is 0 Å². The van der Waals surface area contributed by atoms with Crippen LogP contribution in [0.1, 0.15) is 51.4 Å². The van der Waals surface area contributed by atoms with Gasteiger partial charge in [0.1, 0.15) is 6.29 Å². The summed E-state index contributed by atoms with van der Waals surface area (Å²) in [6.07, 6.45) is 5.06. The first kappa shape index (κ1) is 15.8. The molecule has 0 aromatic heterocycles. The van der Waals surface area contributed by atoms with Crippen molar-refractivity contribution in [1.29, 1.82) is 0 Å². The molecule has 0 bridgehead atoms. The van der Waals surface area contributed by atoms with Crippen LogP contribution in [0.15, 0.2) is 0 Å². The second kappa shape index (κ2) is 9.96. The van der Waals surface area contributed by atoms with E-state index in [2.05, 4.69) is 0 Å². The predicted octanol–water partition coefficient (Wildman–Crippen LogP) is 1.32. The predicted molar refractivity (Wildman–Crippen MR) is 61.6 cm³/mol. The summed E-state index contributed by atoms with van der Waals surface area (Å²) in [6, 6.07) is 0. The Hall–Kier alpha value is -1.23. The van der Waals surface area contributed by atoms with Crippen molar-refractivity contribution in [2.75, 3.05) is 0 Å². The highest BCUT2D eigenvalue weighted by Crippen LogP contribution is 2.10. The third-order valence-corrected chi connectivity index (χ3v) is 2.55. The van der Waals surface area contributed by atoms with E-state index in [4.69, 9.17) is 5.11 Å². The van der Waals surface area contributed by atoms with Crippen LogP contribution in [0.4, 0.5) is 0 Å². The lowest BCUT2D eigenvalue weighted by Crippen LogP contribution is -2.11. The summed E-state index contributed by atoms with van der Waals surface area (Å²) in [5.74, 6) is -2.11. The van der Waals surface area contributed by atoms with Crippen LogP contribution in [0.2, 0.25) is 0 Å². The molecule has 0 aliphatic carbocycles. The second-order valence-electron chi connectivity index (χ2n) is 4.08. The fraction of sp³-hybridized carbons (Fsp3) is 0.750. The summed E-state index contributed by atoms with van der Waals surface area (Å²) >= 11 is 0. The number of hydrogen-bond acceptors (Lipinski definition) is 4. The number of carbonyl (C=O) groups is 3. The first-order valence-corrected chi connectivity index (χ1v) is 5.95. The number of aliphatic hydroxyl groups excluding tert-OH is 1. The summed E-state index contributed by atoms with van der Waals surface area (Å²) in [7, 11) is 0. The van der Waals surface area contributed by atoms with Gasteiger partial charge in [0.25, 0.3) is 0 Å². The molecule has 0 heterocycles. The summed E-state index contributed by atoms with van der Waals surface area (Å²) in [5, 5.41) is 17.7. The van der Waals surface area contributed by atoms with Crippen LogP contribution in [0, 0.1) is 0 Å². The summed E-state index contributed by atoms with van der Waals surface area (Å²) in [5.41, 5.74) is 0. The topological polar surface area (TPSA) is 91.7 Å². The molecule has 0 saturated carbocycles. The number of carboxylic acids is 1. The standard InChI is InChI=1S/C12H20O5/c13-9-5-7-10(14)6-3-1-2-4-8-11(15)12(16)17/h9-10,14H,1-8H2,(H,16,17). The zero-order valence-electron chi connectivity index (χ0n) is 9.93. The summed E-state index contributed by atoms with van der Waals surface area (Å²) in [6.45, 7) is 0. The van der Waals surface area contributed by atoms with Crippen LogP contribution in [0.25, 0.3) is 0 Å².